The van der Waals surface area contributed by atoms with Gasteiger partial charge >= 0.3 is 0 Å². The predicted octanol–water partition coefficient (Wildman–Crippen LogP) is 7.62. The van der Waals surface area contributed by atoms with Crippen LogP contribution in [-0.2, 0) is 0 Å². The van der Waals surface area contributed by atoms with Gasteiger partial charge < -0.3 is 0 Å². The summed E-state index contributed by atoms with van der Waals surface area (Å²) in [7, 11) is 0. The quantitative estimate of drug-likeness (QED) is 0.233. The van der Waals surface area contributed by atoms with Crippen LogP contribution in [0.3, 0.4) is 0 Å². The summed E-state index contributed by atoms with van der Waals surface area (Å²) in [5.74, 6) is 0. The Morgan fingerprint density at radius 3 is 1.73 bits per heavy atom. The Morgan fingerprint density at radius 2 is 1.05 bits per heavy atom. The Hall–Kier alpha value is -3.05. The van der Waals surface area contributed by atoms with Crippen LogP contribution in [-0.4, -0.2) is 14.5 Å². The summed E-state index contributed by atoms with van der Waals surface area (Å²) >= 11 is 5.92. The molecule has 2 aliphatic heterocycles. The van der Waals surface area contributed by atoms with Gasteiger partial charge in [0.15, 0.2) is 0 Å². The fourth-order valence-electron chi connectivity index (χ4n) is 6.16. The number of rotatable bonds is 2. The minimum Gasteiger partial charge on any atom is -0.236 e. The van der Waals surface area contributed by atoms with Crippen LogP contribution >= 0.6 is 34.9 Å². The zero-order chi connectivity index (χ0) is 24.8. The Kier molecular flexibility index (Phi) is 4.59. The van der Waals surface area contributed by atoms with Crippen molar-refractivity contribution in [3.8, 4) is 21.7 Å². The Bertz CT molecular complexity index is 1760. The topological polar surface area (TPSA) is 12.9 Å². The van der Waals surface area contributed by atoms with Gasteiger partial charge in [-0.1, -0.05) is 91.0 Å². The minimum atomic E-state index is -0.106. The van der Waals surface area contributed by atoms with E-state index in [2.05, 4.69) is 117 Å². The highest BCUT2D eigenvalue weighted by molar-refractivity contribution is 8.06. The minimum absolute atomic E-state index is 0.0797. The van der Waals surface area contributed by atoms with E-state index in [4.69, 9.17) is 4.98 Å². The number of aromatic nitrogens is 1. The van der Waals surface area contributed by atoms with Gasteiger partial charge in [0.2, 0.25) is 0 Å². The molecule has 0 radical (unpaired) electrons. The number of thiazole rings is 1. The van der Waals surface area contributed by atoms with Gasteiger partial charge in [-0.15, -0.1) is 34.9 Å². The molecule has 0 amide bonds. The standard InChI is InChI=1S/C33H23NS3/c1-32-27(23-12-6-8-14-25(23)36-32)29-30(28-24-13-7-9-15-26(24)37-33(28,32)2)35-31(34-29)22-18-16-21(17-19-22)20-10-4-3-5-11-20/h3-19H,1-2H3. The van der Waals surface area contributed by atoms with E-state index in [0.29, 0.717) is 0 Å². The molecule has 1 aliphatic carbocycles. The van der Waals surface area contributed by atoms with E-state index in [1.165, 1.54) is 58.6 Å². The van der Waals surface area contributed by atoms with Crippen LogP contribution < -0.4 is 9.88 Å². The summed E-state index contributed by atoms with van der Waals surface area (Å²) in [5, 5.41) is 2.27. The molecule has 0 bridgehead atoms. The first kappa shape index (κ1) is 22.0. The van der Waals surface area contributed by atoms with Crippen LogP contribution in [0.25, 0.3) is 32.8 Å². The summed E-state index contributed by atoms with van der Waals surface area (Å²) in [5.41, 5.74) is 9.24. The van der Waals surface area contributed by atoms with Crippen molar-refractivity contribution in [1.29, 1.82) is 0 Å². The van der Waals surface area contributed by atoms with Crippen LogP contribution in [0, 0.1) is 0 Å². The van der Waals surface area contributed by atoms with Crippen molar-refractivity contribution < 1.29 is 0 Å². The van der Waals surface area contributed by atoms with Crippen LogP contribution in [0.15, 0.2) is 113 Å². The number of hydrogen-bond acceptors (Lipinski definition) is 4. The van der Waals surface area contributed by atoms with Crippen molar-refractivity contribution in [3.63, 3.8) is 0 Å². The number of thioether (sulfide) groups is 2. The largest absolute Gasteiger partial charge is 0.236 e. The summed E-state index contributed by atoms with van der Waals surface area (Å²) in [6, 6.07) is 37.3. The fourth-order valence-corrected chi connectivity index (χ4v) is 10.7. The van der Waals surface area contributed by atoms with Gasteiger partial charge in [0.25, 0.3) is 0 Å². The fraction of sp³-hybridized carbons (Fsp3) is 0.121. The maximum Gasteiger partial charge on any atom is 0.124 e. The molecule has 4 aromatic carbocycles. The first-order valence-electron chi connectivity index (χ1n) is 12.6. The van der Waals surface area contributed by atoms with Crippen LogP contribution in [0.1, 0.15) is 25.0 Å². The lowest BCUT2D eigenvalue weighted by atomic mass is 9.75. The van der Waals surface area contributed by atoms with Crippen molar-refractivity contribution in [2.45, 2.75) is 33.1 Å². The van der Waals surface area contributed by atoms with E-state index < -0.39 is 0 Å². The third-order valence-electron chi connectivity index (χ3n) is 8.14. The molecule has 0 saturated carbocycles. The average molecular weight is 530 g/mol. The second-order valence-electron chi connectivity index (χ2n) is 10.2. The van der Waals surface area contributed by atoms with Gasteiger partial charge in [-0.25, -0.2) is 4.98 Å². The predicted molar refractivity (Wildman–Crippen MR) is 159 cm³/mol. The molecule has 178 valence electrons. The highest BCUT2D eigenvalue weighted by atomic mass is 32.2. The zero-order valence-corrected chi connectivity index (χ0v) is 22.9. The third kappa shape index (κ3) is 2.92. The van der Waals surface area contributed by atoms with Crippen LogP contribution in [0.5, 0.6) is 0 Å². The normalized spacial score (nSPS) is 22.8. The summed E-state index contributed by atoms with van der Waals surface area (Å²) in [6.07, 6.45) is 0. The summed E-state index contributed by atoms with van der Waals surface area (Å²) in [6.45, 7) is 4.91. The third-order valence-corrected chi connectivity index (χ3v) is 12.6. The van der Waals surface area contributed by atoms with Crippen molar-refractivity contribution in [1.82, 2.24) is 4.98 Å². The van der Waals surface area contributed by atoms with E-state index in [1.807, 2.05) is 34.9 Å². The molecule has 2 atom stereocenters. The van der Waals surface area contributed by atoms with Gasteiger partial charge in [0.05, 0.1) is 19.4 Å². The van der Waals surface area contributed by atoms with Gasteiger partial charge in [-0.2, -0.15) is 0 Å². The Labute approximate surface area is 229 Å². The first-order chi connectivity index (χ1) is 18.1. The molecule has 8 rings (SSSR count). The summed E-state index contributed by atoms with van der Waals surface area (Å²) < 4.78 is 1.15. The van der Waals surface area contributed by atoms with Crippen molar-refractivity contribution in [3.05, 3.63) is 124 Å². The molecule has 5 aromatic rings. The molecule has 3 heterocycles. The van der Waals surface area contributed by atoms with Gasteiger partial charge in [-0.3, -0.25) is 0 Å². The molecule has 0 spiro atoms. The van der Waals surface area contributed by atoms with Crippen LogP contribution in [0.2, 0.25) is 0 Å². The zero-order valence-electron chi connectivity index (χ0n) is 20.5. The Balaban J connectivity index is 1.42. The van der Waals surface area contributed by atoms with Crippen LogP contribution in [0.4, 0.5) is 0 Å². The van der Waals surface area contributed by atoms with E-state index in [9.17, 15) is 0 Å². The van der Waals surface area contributed by atoms with E-state index in [-0.39, 0.29) is 9.49 Å². The maximum atomic E-state index is 5.41. The van der Waals surface area contributed by atoms with E-state index in [0.717, 1.165) is 5.01 Å². The first-order valence-corrected chi connectivity index (χ1v) is 15.0. The number of fused-ring (bicyclic) bond motifs is 8. The molecule has 3 aliphatic rings. The lowest BCUT2D eigenvalue weighted by Gasteiger charge is -2.43. The number of nitrogens with zero attached hydrogens (tertiary/aromatic N) is 1. The van der Waals surface area contributed by atoms with Crippen molar-refractivity contribution >= 4 is 46.0 Å². The second-order valence-corrected chi connectivity index (χ2v) is 14.1. The van der Waals surface area contributed by atoms with Gasteiger partial charge in [0.1, 0.15) is 5.01 Å². The van der Waals surface area contributed by atoms with Gasteiger partial charge in [0, 0.05) is 20.9 Å². The molecule has 0 N–H and O–H groups in total. The van der Waals surface area contributed by atoms with E-state index >= 15 is 0 Å². The monoisotopic (exact) mass is 529 g/mol. The molecule has 1 aromatic heterocycles. The molecule has 4 heteroatoms. The number of hydrogen-bond donors (Lipinski definition) is 0. The average Bonchev–Trinajstić information content (AvgIpc) is 3.58. The van der Waals surface area contributed by atoms with E-state index in [1.54, 1.807) is 0 Å². The molecule has 1 nitrogen and oxygen atoms in total. The SMILES string of the molecule is CC12Sc3ccccc3C1=c1nc(-c3ccc(-c4ccccc4)cc3)sc1=C1c3ccccc3SC12C. The lowest BCUT2D eigenvalue weighted by Crippen LogP contribution is -2.53. The molecule has 37 heavy (non-hydrogen) atoms. The molecular formula is C33H23NS3. The highest BCUT2D eigenvalue weighted by Gasteiger charge is 2.60. The van der Waals surface area contributed by atoms with Crippen molar-refractivity contribution in [2.75, 3.05) is 0 Å². The molecule has 0 fully saturated rings. The molecular weight excluding hydrogens is 507 g/mol. The highest BCUT2D eigenvalue weighted by Crippen LogP contribution is 2.68. The maximum absolute atomic E-state index is 5.41. The smallest absolute Gasteiger partial charge is 0.124 e. The number of benzene rings is 4. The molecule has 2 unspecified atom stereocenters. The Morgan fingerprint density at radius 1 is 0.541 bits per heavy atom. The second kappa shape index (κ2) is 7.73. The summed E-state index contributed by atoms with van der Waals surface area (Å²) in [4.78, 5) is 8.16. The van der Waals surface area contributed by atoms with Gasteiger partial charge in [-0.05, 0) is 53.8 Å². The lowest BCUT2D eigenvalue weighted by molar-refractivity contribution is 0.686. The molecule has 0 saturated heterocycles. The van der Waals surface area contributed by atoms with Crippen molar-refractivity contribution in [2.24, 2.45) is 0 Å².